The zero-order valence-corrected chi connectivity index (χ0v) is 11.6. The van der Waals surface area contributed by atoms with E-state index in [0.29, 0.717) is 11.1 Å². The Hall–Kier alpha value is -1.39. The molecule has 2 aromatic rings. The Morgan fingerprint density at radius 1 is 1.39 bits per heavy atom. The minimum atomic E-state index is 0.460. The van der Waals surface area contributed by atoms with Crippen molar-refractivity contribution < 1.29 is 0 Å². The summed E-state index contributed by atoms with van der Waals surface area (Å²) in [6.45, 7) is 5.06. The molecule has 0 amide bonds. The van der Waals surface area contributed by atoms with E-state index in [4.69, 9.17) is 11.6 Å². The molecular formula is C13H17ClN4. The van der Waals surface area contributed by atoms with Crippen molar-refractivity contribution in [3.8, 4) is 11.4 Å². The van der Waals surface area contributed by atoms with Gasteiger partial charge in [-0.25, -0.2) is 9.67 Å². The summed E-state index contributed by atoms with van der Waals surface area (Å²) >= 11 is 6.30. The maximum atomic E-state index is 6.30. The molecule has 0 bridgehead atoms. The first-order chi connectivity index (χ1) is 8.58. The monoisotopic (exact) mass is 264 g/mol. The summed E-state index contributed by atoms with van der Waals surface area (Å²) in [5.74, 6) is 0.781. The molecule has 0 fully saturated rings. The first-order valence-electron chi connectivity index (χ1n) is 5.94. The van der Waals surface area contributed by atoms with E-state index >= 15 is 0 Å². The smallest absolute Gasteiger partial charge is 0.159 e. The summed E-state index contributed by atoms with van der Waals surface area (Å²) in [7, 11) is 1.85. The van der Waals surface area contributed by atoms with Crippen LogP contribution in [0.1, 0.15) is 19.4 Å². The van der Waals surface area contributed by atoms with Crippen LogP contribution >= 0.6 is 11.6 Å². The second-order valence-corrected chi connectivity index (χ2v) is 4.96. The van der Waals surface area contributed by atoms with Gasteiger partial charge in [0.2, 0.25) is 0 Å². The van der Waals surface area contributed by atoms with Crippen molar-refractivity contribution in [1.29, 1.82) is 0 Å². The standard InChI is InChI=1S/C13H17ClN4/c1-9(2)15-7-10-4-5-11(12(14)6-10)13-16-8-17-18(13)3/h4-6,8-9,15H,7H2,1-3H3. The number of hydrogen-bond donors (Lipinski definition) is 1. The Morgan fingerprint density at radius 2 is 2.17 bits per heavy atom. The van der Waals surface area contributed by atoms with Gasteiger partial charge in [-0.2, -0.15) is 5.10 Å². The lowest BCUT2D eigenvalue weighted by Gasteiger charge is -2.10. The van der Waals surface area contributed by atoms with Crippen LogP contribution in [0.4, 0.5) is 0 Å². The van der Waals surface area contributed by atoms with Crippen LogP contribution in [0.25, 0.3) is 11.4 Å². The number of aryl methyl sites for hydroxylation is 1. The van der Waals surface area contributed by atoms with Gasteiger partial charge in [0, 0.05) is 25.2 Å². The van der Waals surface area contributed by atoms with Gasteiger partial charge in [-0.05, 0) is 17.7 Å². The highest BCUT2D eigenvalue weighted by molar-refractivity contribution is 6.33. The van der Waals surface area contributed by atoms with Crippen LogP contribution < -0.4 is 5.32 Å². The minimum absolute atomic E-state index is 0.460. The van der Waals surface area contributed by atoms with Crippen molar-refractivity contribution in [2.24, 2.45) is 7.05 Å². The zero-order valence-electron chi connectivity index (χ0n) is 10.8. The molecule has 0 spiro atoms. The molecule has 4 nitrogen and oxygen atoms in total. The minimum Gasteiger partial charge on any atom is -0.310 e. The molecule has 0 saturated heterocycles. The molecule has 2 rings (SSSR count). The molecule has 18 heavy (non-hydrogen) atoms. The second-order valence-electron chi connectivity index (χ2n) is 4.56. The second kappa shape index (κ2) is 5.50. The van der Waals surface area contributed by atoms with Gasteiger partial charge >= 0.3 is 0 Å². The van der Waals surface area contributed by atoms with Gasteiger partial charge in [0.1, 0.15) is 6.33 Å². The molecule has 0 unspecified atom stereocenters. The summed E-state index contributed by atoms with van der Waals surface area (Å²) < 4.78 is 1.72. The summed E-state index contributed by atoms with van der Waals surface area (Å²) in [5, 5.41) is 8.12. The fourth-order valence-electron chi connectivity index (χ4n) is 1.71. The molecule has 5 heteroatoms. The van der Waals surface area contributed by atoms with E-state index in [0.717, 1.165) is 17.9 Å². The van der Waals surface area contributed by atoms with Gasteiger partial charge < -0.3 is 5.32 Å². The summed E-state index contributed by atoms with van der Waals surface area (Å²) in [6, 6.07) is 6.48. The molecule has 1 aromatic carbocycles. The summed E-state index contributed by atoms with van der Waals surface area (Å²) in [5.41, 5.74) is 2.07. The highest BCUT2D eigenvalue weighted by atomic mass is 35.5. The summed E-state index contributed by atoms with van der Waals surface area (Å²) in [6.07, 6.45) is 1.53. The third-order valence-electron chi connectivity index (χ3n) is 2.70. The number of aromatic nitrogens is 3. The Morgan fingerprint density at radius 3 is 2.72 bits per heavy atom. The molecular weight excluding hydrogens is 248 g/mol. The van der Waals surface area contributed by atoms with E-state index < -0.39 is 0 Å². The zero-order chi connectivity index (χ0) is 13.1. The van der Waals surface area contributed by atoms with Crippen LogP contribution in [-0.2, 0) is 13.6 Å². The average Bonchev–Trinajstić information content (AvgIpc) is 2.73. The van der Waals surface area contributed by atoms with Crippen molar-refractivity contribution >= 4 is 11.6 Å². The maximum absolute atomic E-state index is 6.30. The van der Waals surface area contributed by atoms with E-state index in [1.165, 1.54) is 11.9 Å². The largest absolute Gasteiger partial charge is 0.310 e. The number of rotatable bonds is 4. The van der Waals surface area contributed by atoms with Crippen molar-refractivity contribution in [2.75, 3.05) is 0 Å². The van der Waals surface area contributed by atoms with Crippen LogP contribution in [0, 0.1) is 0 Å². The number of benzene rings is 1. The summed E-state index contributed by atoms with van der Waals surface area (Å²) in [4.78, 5) is 4.20. The molecule has 1 heterocycles. The predicted octanol–water partition coefficient (Wildman–Crippen LogP) is 2.63. The lowest BCUT2D eigenvalue weighted by molar-refractivity contribution is 0.589. The van der Waals surface area contributed by atoms with Crippen LogP contribution in [0.2, 0.25) is 5.02 Å². The molecule has 1 aromatic heterocycles. The number of halogens is 1. The Labute approximate surface area is 112 Å². The molecule has 0 radical (unpaired) electrons. The fourth-order valence-corrected chi connectivity index (χ4v) is 2.00. The highest BCUT2D eigenvalue weighted by Crippen LogP contribution is 2.26. The van der Waals surface area contributed by atoms with E-state index in [2.05, 4.69) is 35.3 Å². The third kappa shape index (κ3) is 2.89. The van der Waals surface area contributed by atoms with Crippen molar-refractivity contribution in [3.63, 3.8) is 0 Å². The van der Waals surface area contributed by atoms with Gasteiger partial charge in [0.25, 0.3) is 0 Å². The normalized spacial score (nSPS) is 11.2. The van der Waals surface area contributed by atoms with Crippen LogP contribution in [-0.4, -0.2) is 20.8 Å². The average molecular weight is 265 g/mol. The molecule has 0 atom stereocenters. The fraction of sp³-hybridized carbons (Fsp3) is 0.385. The molecule has 0 aliphatic rings. The maximum Gasteiger partial charge on any atom is 0.159 e. The van der Waals surface area contributed by atoms with Gasteiger partial charge in [-0.3, -0.25) is 0 Å². The van der Waals surface area contributed by atoms with Crippen molar-refractivity contribution in [2.45, 2.75) is 26.4 Å². The van der Waals surface area contributed by atoms with Crippen molar-refractivity contribution in [1.82, 2.24) is 20.1 Å². The predicted molar refractivity (Wildman–Crippen MR) is 73.4 cm³/mol. The first kappa shape index (κ1) is 13.1. The van der Waals surface area contributed by atoms with E-state index in [1.807, 2.05) is 19.2 Å². The quantitative estimate of drug-likeness (QED) is 0.923. The SMILES string of the molecule is CC(C)NCc1ccc(-c2ncnn2C)c(Cl)c1. The number of hydrogen-bond acceptors (Lipinski definition) is 3. The van der Waals surface area contributed by atoms with Gasteiger partial charge in [-0.1, -0.05) is 31.5 Å². The molecule has 0 aliphatic heterocycles. The molecule has 96 valence electrons. The van der Waals surface area contributed by atoms with Crippen LogP contribution in [0.5, 0.6) is 0 Å². The molecule has 1 N–H and O–H groups in total. The van der Waals surface area contributed by atoms with Crippen LogP contribution in [0.3, 0.4) is 0 Å². The number of nitrogens with zero attached hydrogens (tertiary/aromatic N) is 3. The van der Waals surface area contributed by atoms with E-state index in [-0.39, 0.29) is 0 Å². The number of nitrogens with one attached hydrogen (secondary N) is 1. The Bertz CT molecular complexity index is 534. The lowest BCUT2D eigenvalue weighted by atomic mass is 10.1. The van der Waals surface area contributed by atoms with E-state index in [9.17, 15) is 0 Å². The van der Waals surface area contributed by atoms with Gasteiger partial charge in [0.05, 0.1) is 5.02 Å². The molecule has 0 aliphatic carbocycles. The first-order valence-corrected chi connectivity index (χ1v) is 6.32. The van der Waals surface area contributed by atoms with Crippen LogP contribution in [0.15, 0.2) is 24.5 Å². The topological polar surface area (TPSA) is 42.7 Å². The third-order valence-corrected chi connectivity index (χ3v) is 3.01. The molecule has 0 saturated carbocycles. The lowest BCUT2D eigenvalue weighted by Crippen LogP contribution is -2.21. The van der Waals surface area contributed by atoms with Gasteiger partial charge in [0.15, 0.2) is 5.82 Å². The Balaban J connectivity index is 2.23. The van der Waals surface area contributed by atoms with Gasteiger partial charge in [-0.15, -0.1) is 0 Å². The Kier molecular flexibility index (Phi) is 3.99. The highest BCUT2D eigenvalue weighted by Gasteiger charge is 2.09. The van der Waals surface area contributed by atoms with E-state index in [1.54, 1.807) is 4.68 Å². The van der Waals surface area contributed by atoms with Crippen molar-refractivity contribution in [3.05, 3.63) is 35.1 Å².